The topological polar surface area (TPSA) is 70.2 Å². The molecular formula is C18H23N3O4. The summed E-state index contributed by atoms with van der Waals surface area (Å²) in [5.41, 5.74) is 0.704. The molecule has 0 bridgehead atoms. The van der Waals surface area contributed by atoms with Gasteiger partial charge in [-0.25, -0.2) is 0 Å². The van der Waals surface area contributed by atoms with Gasteiger partial charge in [-0.15, -0.1) is 0 Å². The molecule has 0 spiro atoms. The highest BCUT2D eigenvalue weighted by Crippen LogP contribution is 2.31. The molecule has 1 atom stereocenters. The van der Waals surface area contributed by atoms with Gasteiger partial charge in [-0.05, 0) is 25.5 Å². The van der Waals surface area contributed by atoms with Crippen LogP contribution in [-0.2, 0) is 14.4 Å². The number of para-hydroxylation sites is 2. The number of nitrogens with zero attached hydrogens (tertiary/aromatic N) is 3. The Morgan fingerprint density at radius 2 is 2.04 bits per heavy atom. The molecule has 7 nitrogen and oxygen atoms in total. The summed E-state index contributed by atoms with van der Waals surface area (Å²) < 4.78 is 5.56. The van der Waals surface area contributed by atoms with Crippen molar-refractivity contribution in [2.45, 2.75) is 26.3 Å². The Kier molecular flexibility index (Phi) is 4.92. The molecular weight excluding hydrogens is 322 g/mol. The Labute approximate surface area is 147 Å². The van der Waals surface area contributed by atoms with Gasteiger partial charge in [-0.3, -0.25) is 14.4 Å². The molecule has 0 unspecified atom stereocenters. The van der Waals surface area contributed by atoms with Crippen LogP contribution in [0.4, 0.5) is 5.69 Å². The molecule has 3 rings (SSSR count). The van der Waals surface area contributed by atoms with Gasteiger partial charge in [0.15, 0.2) is 0 Å². The average Bonchev–Trinajstić information content (AvgIpc) is 2.62. The summed E-state index contributed by atoms with van der Waals surface area (Å²) in [7, 11) is 0. The number of carbonyl (C=O) groups excluding carboxylic acids is 3. The fraction of sp³-hybridized carbons (Fsp3) is 0.500. The standard InChI is InChI=1S/C18H23N3O4/c1-3-8-19-11-16(22)21(13(2)18(19)24)12-17(23)20-9-10-25-15-7-5-4-6-14(15)20/h4-7,13H,3,8-12H2,1-2H3/t13-/m1/s1. The van der Waals surface area contributed by atoms with E-state index in [2.05, 4.69) is 0 Å². The number of carbonyl (C=O) groups is 3. The van der Waals surface area contributed by atoms with Crippen LogP contribution < -0.4 is 9.64 Å². The molecule has 2 aliphatic rings. The van der Waals surface area contributed by atoms with E-state index in [9.17, 15) is 14.4 Å². The Hall–Kier alpha value is -2.57. The third kappa shape index (κ3) is 3.31. The van der Waals surface area contributed by atoms with Crippen LogP contribution in [0, 0.1) is 0 Å². The molecule has 7 heteroatoms. The van der Waals surface area contributed by atoms with Gasteiger partial charge in [0.25, 0.3) is 0 Å². The van der Waals surface area contributed by atoms with E-state index >= 15 is 0 Å². The Bertz CT molecular complexity index is 691. The van der Waals surface area contributed by atoms with Crippen molar-refractivity contribution >= 4 is 23.4 Å². The molecule has 0 aromatic heterocycles. The number of piperazine rings is 1. The summed E-state index contributed by atoms with van der Waals surface area (Å²) in [6, 6.07) is 6.71. The zero-order valence-corrected chi connectivity index (χ0v) is 14.6. The Balaban J connectivity index is 1.73. The summed E-state index contributed by atoms with van der Waals surface area (Å²) >= 11 is 0. The highest BCUT2D eigenvalue weighted by Gasteiger charge is 2.38. The molecule has 0 aliphatic carbocycles. The third-order valence-corrected chi connectivity index (χ3v) is 4.61. The fourth-order valence-corrected chi connectivity index (χ4v) is 3.29. The van der Waals surface area contributed by atoms with Crippen LogP contribution in [0.25, 0.3) is 0 Å². The van der Waals surface area contributed by atoms with Gasteiger partial charge < -0.3 is 19.4 Å². The second-order valence-electron chi connectivity index (χ2n) is 6.32. The van der Waals surface area contributed by atoms with Crippen molar-refractivity contribution in [2.75, 3.05) is 37.7 Å². The lowest BCUT2D eigenvalue weighted by molar-refractivity contribution is -0.156. The third-order valence-electron chi connectivity index (χ3n) is 4.61. The zero-order valence-electron chi connectivity index (χ0n) is 14.6. The van der Waals surface area contributed by atoms with Gasteiger partial charge in [0.05, 0.1) is 18.8 Å². The molecule has 2 heterocycles. The van der Waals surface area contributed by atoms with Gasteiger partial charge in [-0.1, -0.05) is 19.1 Å². The average molecular weight is 345 g/mol. The molecule has 2 aliphatic heterocycles. The van der Waals surface area contributed by atoms with Gasteiger partial charge in [0.1, 0.15) is 24.9 Å². The van der Waals surface area contributed by atoms with Crippen LogP contribution >= 0.6 is 0 Å². The molecule has 1 aromatic rings. The number of amides is 3. The van der Waals surface area contributed by atoms with E-state index in [1.54, 1.807) is 16.7 Å². The molecule has 25 heavy (non-hydrogen) atoms. The van der Waals surface area contributed by atoms with Gasteiger partial charge in [-0.2, -0.15) is 0 Å². The fourth-order valence-electron chi connectivity index (χ4n) is 3.29. The van der Waals surface area contributed by atoms with E-state index in [1.165, 1.54) is 4.90 Å². The number of hydrogen-bond donors (Lipinski definition) is 0. The van der Waals surface area contributed by atoms with Crippen molar-refractivity contribution in [3.8, 4) is 5.75 Å². The number of ether oxygens (including phenoxy) is 1. The molecule has 0 N–H and O–H groups in total. The van der Waals surface area contributed by atoms with Crippen LogP contribution in [0.2, 0.25) is 0 Å². The maximum absolute atomic E-state index is 12.8. The van der Waals surface area contributed by atoms with Crippen LogP contribution in [-0.4, -0.2) is 66.3 Å². The van der Waals surface area contributed by atoms with Crippen molar-refractivity contribution < 1.29 is 19.1 Å². The normalized spacial score (nSPS) is 20.4. The Morgan fingerprint density at radius 3 is 2.80 bits per heavy atom. The lowest BCUT2D eigenvalue weighted by atomic mass is 10.1. The highest BCUT2D eigenvalue weighted by atomic mass is 16.5. The molecule has 1 saturated heterocycles. The smallest absolute Gasteiger partial charge is 0.246 e. The van der Waals surface area contributed by atoms with E-state index in [0.717, 1.165) is 6.42 Å². The number of rotatable bonds is 4. The quantitative estimate of drug-likeness (QED) is 0.812. The summed E-state index contributed by atoms with van der Waals surface area (Å²) in [5.74, 6) is 0.171. The Morgan fingerprint density at radius 1 is 1.28 bits per heavy atom. The lowest BCUT2D eigenvalue weighted by Crippen LogP contribution is -2.61. The highest BCUT2D eigenvalue weighted by molar-refractivity contribution is 6.01. The van der Waals surface area contributed by atoms with E-state index < -0.39 is 6.04 Å². The number of hydrogen-bond acceptors (Lipinski definition) is 4. The van der Waals surface area contributed by atoms with E-state index in [-0.39, 0.29) is 30.8 Å². The summed E-state index contributed by atoms with van der Waals surface area (Å²) in [6.07, 6.45) is 0.801. The van der Waals surface area contributed by atoms with Crippen molar-refractivity contribution in [2.24, 2.45) is 0 Å². The number of benzene rings is 1. The van der Waals surface area contributed by atoms with E-state index in [4.69, 9.17) is 4.74 Å². The predicted octanol–water partition coefficient (Wildman–Crippen LogP) is 0.881. The minimum absolute atomic E-state index is 0.0456. The second kappa shape index (κ2) is 7.13. The first-order chi connectivity index (χ1) is 12.0. The molecule has 1 fully saturated rings. The van der Waals surface area contributed by atoms with Crippen LogP contribution in [0.15, 0.2) is 24.3 Å². The van der Waals surface area contributed by atoms with Crippen molar-refractivity contribution in [3.63, 3.8) is 0 Å². The van der Waals surface area contributed by atoms with Crippen molar-refractivity contribution in [1.82, 2.24) is 9.80 Å². The van der Waals surface area contributed by atoms with Gasteiger partial charge in [0, 0.05) is 6.54 Å². The van der Waals surface area contributed by atoms with E-state index in [1.807, 2.05) is 31.2 Å². The lowest BCUT2D eigenvalue weighted by Gasteiger charge is -2.39. The minimum Gasteiger partial charge on any atom is -0.490 e. The summed E-state index contributed by atoms with van der Waals surface area (Å²) in [5, 5.41) is 0. The first-order valence-electron chi connectivity index (χ1n) is 8.63. The van der Waals surface area contributed by atoms with Crippen LogP contribution in [0.5, 0.6) is 5.75 Å². The van der Waals surface area contributed by atoms with Crippen molar-refractivity contribution in [3.05, 3.63) is 24.3 Å². The number of anilines is 1. The van der Waals surface area contributed by atoms with Gasteiger partial charge >= 0.3 is 0 Å². The van der Waals surface area contributed by atoms with Crippen LogP contribution in [0.3, 0.4) is 0 Å². The molecule has 1 aromatic carbocycles. The maximum Gasteiger partial charge on any atom is 0.246 e. The zero-order chi connectivity index (χ0) is 18.0. The second-order valence-corrected chi connectivity index (χ2v) is 6.32. The largest absolute Gasteiger partial charge is 0.490 e. The van der Waals surface area contributed by atoms with Crippen molar-refractivity contribution in [1.29, 1.82) is 0 Å². The first kappa shape index (κ1) is 17.3. The SMILES string of the molecule is CCCN1CC(=O)N(CC(=O)N2CCOc3ccccc32)[C@H](C)C1=O. The first-order valence-corrected chi connectivity index (χ1v) is 8.63. The molecule has 0 saturated carbocycles. The maximum atomic E-state index is 12.8. The molecule has 0 radical (unpaired) electrons. The predicted molar refractivity (Wildman–Crippen MR) is 92.3 cm³/mol. The molecule has 3 amide bonds. The van der Waals surface area contributed by atoms with Crippen LogP contribution in [0.1, 0.15) is 20.3 Å². The van der Waals surface area contributed by atoms with Gasteiger partial charge in [0.2, 0.25) is 17.7 Å². The number of fused-ring (bicyclic) bond motifs is 1. The monoisotopic (exact) mass is 345 g/mol. The minimum atomic E-state index is -0.618. The van der Waals surface area contributed by atoms with E-state index in [0.29, 0.717) is 31.1 Å². The summed E-state index contributed by atoms with van der Waals surface area (Å²) in [4.78, 5) is 42.2. The molecule has 134 valence electrons. The summed E-state index contributed by atoms with van der Waals surface area (Å²) in [6.45, 7) is 5.01.